The van der Waals surface area contributed by atoms with Gasteiger partial charge in [-0.05, 0) is 75.6 Å². The van der Waals surface area contributed by atoms with Crippen LogP contribution in [0.4, 0.5) is 5.69 Å². The molecule has 2 aromatic carbocycles. The molecule has 0 aromatic heterocycles. The number of benzene rings is 2. The maximum absolute atomic E-state index is 12.2. The Morgan fingerprint density at radius 3 is 2.23 bits per heavy atom. The summed E-state index contributed by atoms with van der Waals surface area (Å²) < 4.78 is 27.0. The third-order valence-electron chi connectivity index (χ3n) is 3.60. The number of nitrogens with zero attached hydrogens (tertiary/aromatic N) is 1. The van der Waals surface area contributed by atoms with E-state index in [9.17, 15) is 13.2 Å². The predicted octanol–water partition coefficient (Wildman–Crippen LogP) is 2.82. The van der Waals surface area contributed by atoms with Crippen molar-refractivity contribution in [1.29, 1.82) is 0 Å². The maximum Gasteiger partial charge on any atom is 0.255 e. The lowest BCUT2D eigenvalue weighted by Crippen LogP contribution is -2.27. The molecule has 0 heterocycles. The van der Waals surface area contributed by atoms with E-state index >= 15 is 0 Å². The molecule has 0 saturated heterocycles. The van der Waals surface area contributed by atoms with Gasteiger partial charge >= 0.3 is 0 Å². The van der Waals surface area contributed by atoms with E-state index in [0.29, 0.717) is 29.2 Å². The number of carbonyl (C=O) groups excluding carboxylic acids is 1. The Balaban J connectivity index is 1.98. The summed E-state index contributed by atoms with van der Waals surface area (Å²) in [5.74, 6) is -0.324. The zero-order valence-corrected chi connectivity index (χ0v) is 16.3. The number of carbonyl (C=O) groups is 1. The fourth-order valence-corrected chi connectivity index (χ4v) is 3.41. The Morgan fingerprint density at radius 1 is 1.04 bits per heavy atom. The van der Waals surface area contributed by atoms with Crippen LogP contribution in [0.3, 0.4) is 0 Å². The van der Waals surface area contributed by atoms with Crippen molar-refractivity contribution < 1.29 is 13.2 Å². The van der Waals surface area contributed by atoms with Gasteiger partial charge in [-0.15, -0.1) is 0 Å². The van der Waals surface area contributed by atoms with Crippen LogP contribution in [0.15, 0.2) is 53.4 Å². The highest BCUT2D eigenvalue weighted by atomic mass is 35.5. The van der Waals surface area contributed by atoms with Crippen LogP contribution in [0, 0.1) is 0 Å². The minimum Gasteiger partial charge on any atom is -0.322 e. The lowest BCUT2D eigenvalue weighted by atomic mass is 10.2. The van der Waals surface area contributed by atoms with E-state index in [2.05, 4.69) is 10.0 Å². The van der Waals surface area contributed by atoms with Crippen LogP contribution in [0.2, 0.25) is 5.02 Å². The van der Waals surface area contributed by atoms with E-state index in [-0.39, 0.29) is 10.8 Å². The quantitative estimate of drug-likeness (QED) is 0.673. The molecule has 0 saturated carbocycles. The van der Waals surface area contributed by atoms with Gasteiger partial charge in [0.15, 0.2) is 0 Å². The average molecular weight is 396 g/mol. The van der Waals surface area contributed by atoms with Crippen molar-refractivity contribution in [1.82, 2.24) is 9.62 Å². The van der Waals surface area contributed by atoms with E-state index in [1.807, 2.05) is 19.0 Å². The molecule has 1 amide bonds. The molecular weight excluding hydrogens is 374 g/mol. The third kappa shape index (κ3) is 6.10. The molecule has 0 aliphatic rings. The lowest BCUT2D eigenvalue weighted by molar-refractivity contribution is 0.102. The van der Waals surface area contributed by atoms with E-state index in [0.717, 1.165) is 6.54 Å². The Kier molecular flexibility index (Phi) is 7.16. The number of sulfonamides is 1. The Hall–Kier alpha value is -1.93. The standard InChI is InChI=1S/C18H22ClN3O3S/c1-22(2)13-3-12-20-26(24,25)17-10-4-14(5-11-17)18(23)21-16-8-6-15(19)7-9-16/h4-11,20H,3,12-13H2,1-2H3,(H,21,23). The zero-order chi connectivity index (χ0) is 19.2. The minimum absolute atomic E-state index is 0.130. The first-order chi connectivity index (χ1) is 12.3. The van der Waals surface area contributed by atoms with Gasteiger partial charge in [0.1, 0.15) is 0 Å². The van der Waals surface area contributed by atoms with Gasteiger partial charge in [-0.2, -0.15) is 0 Å². The molecule has 0 spiro atoms. The first kappa shape index (κ1) is 20.4. The SMILES string of the molecule is CN(C)CCCNS(=O)(=O)c1ccc(C(=O)Nc2ccc(Cl)cc2)cc1. The summed E-state index contributed by atoms with van der Waals surface area (Å²) in [6.07, 6.45) is 0.716. The summed E-state index contributed by atoms with van der Waals surface area (Å²) in [7, 11) is 0.286. The van der Waals surface area contributed by atoms with Gasteiger partial charge in [-0.25, -0.2) is 13.1 Å². The summed E-state index contributed by atoms with van der Waals surface area (Å²) in [5.41, 5.74) is 0.977. The van der Waals surface area contributed by atoms with Crippen molar-refractivity contribution in [2.24, 2.45) is 0 Å². The van der Waals surface area contributed by atoms with Gasteiger partial charge in [0.25, 0.3) is 5.91 Å². The highest BCUT2D eigenvalue weighted by Crippen LogP contribution is 2.16. The van der Waals surface area contributed by atoms with Gasteiger partial charge < -0.3 is 10.2 Å². The van der Waals surface area contributed by atoms with Crippen molar-refractivity contribution in [3.05, 3.63) is 59.1 Å². The van der Waals surface area contributed by atoms with Crippen molar-refractivity contribution in [3.8, 4) is 0 Å². The molecule has 0 bridgehead atoms. The predicted molar refractivity (Wildman–Crippen MR) is 104 cm³/mol. The molecule has 140 valence electrons. The number of hydrogen-bond donors (Lipinski definition) is 2. The average Bonchev–Trinajstić information content (AvgIpc) is 2.61. The van der Waals surface area contributed by atoms with Crippen molar-refractivity contribution >= 4 is 33.2 Å². The molecule has 0 aliphatic heterocycles. The van der Waals surface area contributed by atoms with Crippen LogP contribution < -0.4 is 10.0 Å². The number of anilines is 1. The molecule has 8 heteroatoms. The van der Waals surface area contributed by atoms with Crippen molar-refractivity contribution in [3.63, 3.8) is 0 Å². The largest absolute Gasteiger partial charge is 0.322 e. The Morgan fingerprint density at radius 2 is 1.65 bits per heavy atom. The van der Waals surface area contributed by atoms with Crippen LogP contribution >= 0.6 is 11.6 Å². The zero-order valence-electron chi connectivity index (χ0n) is 14.7. The number of amides is 1. The molecule has 2 N–H and O–H groups in total. The second-order valence-corrected chi connectivity index (χ2v) is 8.24. The fourth-order valence-electron chi connectivity index (χ4n) is 2.21. The molecule has 0 fully saturated rings. The fraction of sp³-hybridized carbons (Fsp3) is 0.278. The summed E-state index contributed by atoms with van der Waals surface area (Å²) in [5, 5.41) is 3.31. The third-order valence-corrected chi connectivity index (χ3v) is 5.33. The second kappa shape index (κ2) is 9.14. The topological polar surface area (TPSA) is 78.5 Å². The van der Waals surface area contributed by atoms with E-state index in [1.54, 1.807) is 24.3 Å². The second-order valence-electron chi connectivity index (χ2n) is 6.04. The minimum atomic E-state index is -3.58. The van der Waals surface area contributed by atoms with Crippen molar-refractivity contribution in [2.45, 2.75) is 11.3 Å². The highest BCUT2D eigenvalue weighted by molar-refractivity contribution is 7.89. The molecule has 0 radical (unpaired) electrons. The number of rotatable bonds is 8. The molecule has 6 nitrogen and oxygen atoms in total. The molecule has 2 rings (SSSR count). The molecule has 0 unspecified atom stereocenters. The first-order valence-corrected chi connectivity index (χ1v) is 9.95. The van der Waals surface area contributed by atoms with Gasteiger partial charge in [-0.3, -0.25) is 4.79 Å². The normalized spacial score (nSPS) is 11.5. The summed E-state index contributed by atoms with van der Waals surface area (Å²) in [6.45, 7) is 1.16. The Labute approximate surface area is 159 Å². The van der Waals surface area contributed by atoms with Gasteiger partial charge in [0.05, 0.1) is 4.90 Å². The highest BCUT2D eigenvalue weighted by Gasteiger charge is 2.14. The monoisotopic (exact) mass is 395 g/mol. The lowest BCUT2D eigenvalue weighted by Gasteiger charge is -2.11. The molecular formula is C18H22ClN3O3S. The van der Waals surface area contributed by atoms with Crippen LogP contribution in [-0.4, -0.2) is 46.4 Å². The molecule has 26 heavy (non-hydrogen) atoms. The Bertz CT molecular complexity index is 835. The van der Waals surface area contributed by atoms with Gasteiger partial charge in [0, 0.05) is 22.8 Å². The number of halogens is 1. The van der Waals surface area contributed by atoms with Gasteiger partial charge in [-0.1, -0.05) is 11.6 Å². The summed E-state index contributed by atoms with van der Waals surface area (Å²) in [4.78, 5) is 14.3. The van der Waals surface area contributed by atoms with Crippen LogP contribution in [-0.2, 0) is 10.0 Å². The first-order valence-electron chi connectivity index (χ1n) is 8.09. The molecule has 2 aromatic rings. The van der Waals surface area contributed by atoms with E-state index in [1.165, 1.54) is 24.3 Å². The van der Waals surface area contributed by atoms with Crippen LogP contribution in [0.25, 0.3) is 0 Å². The number of hydrogen-bond acceptors (Lipinski definition) is 4. The smallest absolute Gasteiger partial charge is 0.255 e. The van der Waals surface area contributed by atoms with E-state index in [4.69, 9.17) is 11.6 Å². The van der Waals surface area contributed by atoms with E-state index < -0.39 is 10.0 Å². The molecule has 0 atom stereocenters. The van der Waals surface area contributed by atoms with Crippen LogP contribution in [0.5, 0.6) is 0 Å². The molecule has 0 aliphatic carbocycles. The maximum atomic E-state index is 12.2. The van der Waals surface area contributed by atoms with Crippen molar-refractivity contribution in [2.75, 3.05) is 32.5 Å². The van der Waals surface area contributed by atoms with Crippen LogP contribution in [0.1, 0.15) is 16.8 Å². The number of nitrogens with one attached hydrogen (secondary N) is 2. The summed E-state index contributed by atoms with van der Waals surface area (Å²) >= 11 is 5.81. The summed E-state index contributed by atoms with van der Waals surface area (Å²) in [6, 6.07) is 12.5. The van der Waals surface area contributed by atoms with Gasteiger partial charge in [0.2, 0.25) is 10.0 Å².